The summed E-state index contributed by atoms with van der Waals surface area (Å²) in [6, 6.07) is 2.90. The fraction of sp³-hybridized carbons (Fsp3) is 0.444. The molecule has 1 unspecified atom stereocenters. The lowest BCUT2D eigenvalue weighted by Crippen LogP contribution is -2.29. The maximum atomic E-state index is 12.1. The van der Waals surface area contributed by atoms with E-state index >= 15 is 0 Å². The zero-order valence-corrected chi connectivity index (χ0v) is 7.54. The molecule has 1 aromatic rings. The Labute approximate surface area is 79.4 Å². The Kier molecular flexibility index (Phi) is 2.80. The number of rotatable bonds is 2. The van der Waals surface area contributed by atoms with Gasteiger partial charge in [-0.15, -0.1) is 0 Å². The molecular formula is C9H10F3NO. The highest BCUT2D eigenvalue weighted by atomic mass is 19.4. The number of hydrogen-bond acceptors (Lipinski definition) is 2. The number of aromatic nitrogens is 1. The topological polar surface area (TPSA) is 33.1 Å². The maximum absolute atomic E-state index is 12.1. The fourth-order valence-electron chi connectivity index (χ4n) is 1.17. The molecule has 0 bridgehead atoms. The van der Waals surface area contributed by atoms with E-state index < -0.39 is 18.2 Å². The Bertz CT molecular complexity index is 295. The van der Waals surface area contributed by atoms with Crippen LogP contribution in [0.4, 0.5) is 13.2 Å². The van der Waals surface area contributed by atoms with Gasteiger partial charge >= 0.3 is 6.18 Å². The monoisotopic (exact) mass is 205 g/mol. The molecule has 2 nitrogen and oxygen atoms in total. The van der Waals surface area contributed by atoms with Crippen molar-refractivity contribution in [1.29, 1.82) is 0 Å². The van der Waals surface area contributed by atoms with E-state index in [4.69, 9.17) is 0 Å². The van der Waals surface area contributed by atoms with Gasteiger partial charge in [0.05, 0.1) is 12.0 Å². The minimum atomic E-state index is -4.39. The van der Waals surface area contributed by atoms with Gasteiger partial charge in [0.25, 0.3) is 0 Å². The molecule has 0 saturated heterocycles. The molecule has 1 N–H and O–H groups in total. The van der Waals surface area contributed by atoms with Crippen molar-refractivity contribution in [3.63, 3.8) is 0 Å². The minimum Gasteiger partial charge on any atom is -0.385 e. The molecule has 0 radical (unpaired) electrons. The third-order valence-corrected chi connectivity index (χ3v) is 1.83. The van der Waals surface area contributed by atoms with Crippen molar-refractivity contribution in [3.05, 3.63) is 30.1 Å². The molecule has 0 saturated carbocycles. The molecule has 0 aliphatic rings. The van der Waals surface area contributed by atoms with Crippen LogP contribution in [0.1, 0.15) is 18.9 Å². The van der Waals surface area contributed by atoms with Crippen molar-refractivity contribution < 1.29 is 18.3 Å². The van der Waals surface area contributed by atoms with Crippen LogP contribution in [-0.2, 0) is 5.60 Å². The SMILES string of the molecule is CC(O)(CC(F)(F)F)c1cccnc1. The Morgan fingerprint density at radius 1 is 1.43 bits per heavy atom. The largest absolute Gasteiger partial charge is 0.392 e. The second-order valence-electron chi connectivity index (χ2n) is 3.31. The molecule has 1 atom stereocenters. The van der Waals surface area contributed by atoms with Crippen LogP contribution in [0, 0.1) is 0 Å². The average Bonchev–Trinajstić information content (AvgIpc) is 2.01. The zero-order valence-electron chi connectivity index (χ0n) is 7.54. The third kappa shape index (κ3) is 2.99. The van der Waals surface area contributed by atoms with E-state index in [1.807, 2.05) is 0 Å². The van der Waals surface area contributed by atoms with Crippen molar-refractivity contribution in [3.8, 4) is 0 Å². The summed E-state index contributed by atoms with van der Waals surface area (Å²) in [5.41, 5.74) is -1.75. The van der Waals surface area contributed by atoms with Crippen molar-refractivity contribution in [2.24, 2.45) is 0 Å². The van der Waals surface area contributed by atoms with Crippen LogP contribution in [0.15, 0.2) is 24.5 Å². The normalized spacial score (nSPS) is 16.4. The first-order chi connectivity index (χ1) is 6.31. The third-order valence-electron chi connectivity index (χ3n) is 1.83. The van der Waals surface area contributed by atoms with Crippen LogP contribution < -0.4 is 0 Å². The Morgan fingerprint density at radius 3 is 2.50 bits per heavy atom. The quantitative estimate of drug-likeness (QED) is 0.803. The molecule has 0 aliphatic carbocycles. The maximum Gasteiger partial charge on any atom is 0.392 e. The van der Waals surface area contributed by atoms with Gasteiger partial charge in [-0.25, -0.2) is 0 Å². The second kappa shape index (κ2) is 3.57. The highest BCUT2D eigenvalue weighted by Gasteiger charge is 2.39. The number of aliphatic hydroxyl groups is 1. The van der Waals surface area contributed by atoms with Crippen molar-refractivity contribution in [2.45, 2.75) is 25.1 Å². The van der Waals surface area contributed by atoms with E-state index in [1.165, 1.54) is 24.5 Å². The molecule has 0 fully saturated rings. The molecular weight excluding hydrogens is 195 g/mol. The van der Waals surface area contributed by atoms with Gasteiger partial charge in [-0.3, -0.25) is 4.98 Å². The summed E-state index contributed by atoms with van der Waals surface area (Å²) in [7, 11) is 0. The van der Waals surface area contributed by atoms with Crippen LogP contribution in [0.5, 0.6) is 0 Å². The molecule has 1 heterocycles. The standard InChI is InChI=1S/C9H10F3NO/c1-8(14,6-9(10,11)12)7-3-2-4-13-5-7/h2-5,14H,6H2,1H3. The van der Waals surface area contributed by atoms with Gasteiger partial charge in [0.1, 0.15) is 0 Å². The lowest BCUT2D eigenvalue weighted by Gasteiger charge is -2.24. The molecule has 0 spiro atoms. The highest BCUT2D eigenvalue weighted by Crippen LogP contribution is 2.33. The van der Waals surface area contributed by atoms with Gasteiger partial charge in [-0.2, -0.15) is 13.2 Å². The number of halogens is 3. The van der Waals surface area contributed by atoms with E-state index in [1.54, 1.807) is 0 Å². The van der Waals surface area contributed by atoms with Crippen LogP contribution in [0.2, 0.25) is 0 Å². The molecule has 0 aromatic carbocycles. The predicted molar refractivity (Wildman–Crippen MR) is 44.5 cm³/mol. The molecule has 1 rings (SSSR count). The summed E-state index contributed by atoms with van der Waals surface area (Å²) in [6.07, 6.45) is -3.00. The first-order valence-corrected chi connectivity index (χ1v) is 4.01. The molecule has 0 amide bonds. The van der Waals surface area contributed by atoms with Gasteiger partial charge in [0.15, 0.2) is 0 Å². The van der Waals surface area contributed by atoms with Gasteiger partial charge in [0, 0.05) is 18.0 Å². The van der Waals surface area contributed by atoms with E-state index in [0.29, 0.717) is 0 Å². The highest BCUT2D eigenvalue weighted by molar-refractivity contribution is 5.17. The Morgan fingerprint density at radius 2 is 2.07 bits per heavy atom. The minimum absolute atomic E-state index is 0.164. The summed E-state index contributed by atoms with van der Waals surface area (Å²) in [5.74, 6) is 0. The molecule has 14 heavy (non-hydrogen) atoms. The number of hydrogen-bond donors (Lipinski definition) is 1. The van der Waals surface area contributed by atoms with E-state index in [9.17, 15) is 18.3 Å². The van der Waals surface area contributed by atoms with Crippen LogP contribution in [0.3, 0.4) is 0 Å². The summed E-state index contributed by atoms with van der Waals surface area (Å²) >= 11 is 0. The molecule has 0 aliphatic heterocycles. The first-order valence-electron chi connectivity index (χ1n) is 4.01. The summed E-state index contributed by atoms with van der Waals surface area (Å²) in [6.45, 7) is 1.12. The molecule has 78 valence electrons. The predicted octanol–water partition coefficient (Wildman–Crippen LogP) is 2.24. The van der Waals surface area contributed by atoms with Crippen LogP contribution >= 0.6 is 0 Å². The van der Waals surface area contributed by atoms with E-state index in [2.05, 4.69) is 4.98 Å². The lowest BCUT2D eigenvalue weighted by molar-refractivity contribution is -0.174. The van der Waals surface area contributed by atoms with E-state index in [-0.39, 0.29) is 5.56 Å². The van der Waals surface area contributed by atoms with E-state index in [0.717, 1.165) is 6.92 Å². The van der Waals surface area contributed by atoms with Crippen LogP contribution in [0.25, 0.3) is 0 Å². The molecule has 5 heteroatoms. The molecule has 1 aromatic heterocycles. The first kappa shape index (κ1) is 11.0. The second-order valence-corrected chi connectivity index (χ2v) is 3.31. The lowest BCUT2D eigenvalue weighted by atomic mass is 9.94. The smallest absolute Gasteiger partial charge is 0.385 e. The van der Waals surface area contributed by atoms with Gasteiger partial charge in [-0.05, 0) is 13.0 Å². The number of nitrogens with zero attached hydrogens (tertiary/aromatic N) is 1. The summed E-state index contributed by atoms with van der Waals surface area (Å²) < 4.78 is 36.2. The summed E-state index contributed by atoms with van der Waals surface area (Å²) in [4.78, 5) is 3.65. The van der Waals surface area contributed by atoms with Crippen molar-refractivity contribution in [1.82, 2.24) is 4.98 Å². The van der Waals surface area contributed by atoms with Gasteiger partial charge in [-0.1, -0.05) is 6.07 Å². The van der Waals surface area contributed by atoms with Gasteiger partial charge in [0.2, 0.25) is 0 Å². The number of pyridine rings is 1. The number of alkyl halides is 3. The van der Waals surface area contributed by atoms with Crippen molar-refractivity contribution >= 4 is 0 Å². The fourth-order valence-corrected chi connectivity index (χ4v) is 1.17. The average molecular weight is 205 g/mol. The Balaban J connectivity index is 2.86. The van der Waals surface area contributed by atoms with Crippen molar-refractivity contribution in [2.75, 3.05) is 0 Å². The van der Waals surface area contributed by atoms with Crippen LogP contribution in [-0.4, -0.2) is 16.3 Å². The Hall–Kier alpha value is -1.10. The summed E-state index contributed by atoms with van der Waals surface area (Å²) in [5, 5.41) is 9.56. The zero-order chi connectivity index (χ0) is 10.8. The van der Waals surface area contributed by atoms with Gasteiger partial charge < -0.3 is 5.11 Å².